The van der Waals surface area contributed by atoms with Gasteiger partial charge in [0.25, 0.3) is 0 Å². The van der Waals surface area contributed by atoms with Gasteiger partial charge in [-0.3, -0.25) is 0 Å². The highest BCUT2D eigenvalue weighted by Crippen LogP contribution is 2.15. The van der Waals surface area contributed by atoms with E-state index in [-0.39, 0.29) is 0 Å². The lowest BCUT2D eigenvalue weighted by Crippen LogP contribution is -2.41. The average molecular weight is 242 g/mol. The lowest BCUT2D eigenvalue weighted by molar-refractivity contribution is 0.0827. The number of unbranched alkanes of at least 4 members (excludes halogenated alkanes) is 1. The molecule has 0 aliphatic carbocycles. The molecule has 0 aromatic rings. The number of nitrogens with one attached hydrogen (secondary N) is 1. The molecule has 0 aromatic carbocycles. The van der Waals surface area contributed by atoms with Crippen molar-refractivity contribution in [2.45, 2.75) is 58.6 Å². The Morgan fingerprint density at radius 2 is 2.18 bits per heavy atom. The Labute approximate surface area is 107 Å². The molecule has 0 saturated carbocycles. The number of likely N-dealkylation sites (N-methyl/N-ethyl adjacent to an activating group) is 1. The molecule has 0 spiro atoms. The molecule has 17 heavy (non-hydrogen) atoms. The standard InChI is InChI=1S/C14H30N2O/c1-4-6-10-16(5-2)11-9-15-13(3)14-8-7-12-17-14/h13-15H,4-12H2,1-3H3. The topological polar surface area (TPSA) is 24.5 Å². The van der Waals surface area contributed by atoms with Crippen molar-refractivity contribution in [1.82, 2.24) is 10.2 Å². The zero-order valence-corrected chi connectivity index (χ0v) is 11.9. The van der Waals surface area contributed by atoms with Gasteiger partial charge in [-0.05, 0) is 39.3 Å². The highest BCUT2D eigenvalue weighted by Gasteiger charge is 2.21. The minimum absolute atomic E-state index is 0.445. The lowest BCUT2D eigenvalue weighted by Gasteiger charge is -2.24. The Balaban J connectivity index is 2.07. The van der Waals surface area contributed by atoms with Crippen molar-refractivity contribution in [3.05, 3.63) is 0 Å². The first-order valence-corrected chi connectivity index (χ1v) is 7.35. The molecule has 1 fully saturated rings. The van der Waals surface area contributed by atoms with E-state index in [0.29, 0.717) is 12.1 Å². The fourth-order valence-corrected chi connectivity index (χ4v) is 2.39. The van der Waals surface area contributed by atoms with Gasteiger partial charge in [0.15, 0.2) is 0 Å². The maximum absolute atomic E-state index is 5.69. The van der Waals surface area contributed by atoms with Crippen LogP contribution in [0.2, 0.25) is 0 Å². The molecule has 2 unspecified atom stereocenters. The van der Waals surface area contributed by atoms with Crippen LogP contribution in [0.4, 0.5) is 0 Å². The predicted molar refractivity (Wildman–Crippen MR) is 73.5 cm³/mol. The summed E-state index contributed by atoms with van der Waals surface area (Å²) in [6, 6.07) is 0.502. The molecule has 3 nitrogen and oxygen atoms in total. The molecular formula is C14H30N2O. The van der Waals surface area contributed by atoms with Crippen LogP contribution in [0.25, 0.3) is 0 Å². The number of hydrogen-bond acceptors (Lipinski definition) is 3. The van der Waals surface area contributed by atoms with Crippen molar-refractivity contribution in [3.8, 4) is 0 Å². The van der Waals surface area contributed by atoms with Crippen molar-refractivity contribution in [1.29, 1.82) is 0 Å². The van der Waals surface area contributed by atoms with E-state index in [1.165, 1.54) is 32.2 Å². The summed E-state index contributed by atoms with van der Waals surface area (Å²) in [5.41, 5.74) is 0. The SMILES string of the molecule is CCCCN(CC)CCNC(C)C1CCCO1. The van der Waals surface area contributed by atoms with E-state index >= 15 is 0 Å². The third-order valence-corrected chi connectivity index (χ3v) is 3.69. The van der Waals surface area contributed by atoms with Crippen molar-refractivity contribution < 1.29 is 4.74 Å². The average Bonchev–Trinajstić information content (AvgIpc) is 2.87. The van der Waals surface area contributed by atoms with Gasteiger partial charge in [-0.2, -0.15) is 0 Å². The fraction of sp³-hybridized carbons (Fsp3) is 1.00. The maximum Gasteiger partial charge on any atom is 0.0726 e. The van der Waals surface area contributed by atoms with Gasteiger partial charge in [0, 0.05) is 25.7 Å². The second-order valence-corrected chi connectivity index (χ2v) is 5.08. The second-order valence-electron chi connectivity index (χ2n) is 5.08. The maximum atomic E-state index is 5.69. The highest BCUT2D eigenvalue weighted by atomic mass is 16.5. The zero-order chi connectivity index (χ0) is 12.5. The van der Waals surface area contributed by atoms with Gasteiger partial charge >= 0.3 is 0 Å². The van der Waals surface area contributed by atoms with Crippen molar-refractivity contribution >= 4 is 0 Å². The van der Waals surface area contributed by atoms with Crippen LogP contribution in [-0.4, -0.2) is 49.8 Å². The summed E-state index contributed by atoms with van der Waals surface area (Å²) in [5.74, 6) is 0. The summed E-state index contributed by atoms with van der Waals surface area (Å²) in [7, 11) is 0. The Morgan fingerprint density at radius 1 is 1.35 bits per heavy atom. The van der Waals surface area contributed by atoms with Crippen LogP contribution in [0.3, 0.4) is 0 Å². The first-order chi connectivity index (χ1) is 8.27. The highest BCUT2D eigenvalue weighted by molar-refractivity contribution is 4.76. The van der Waals surface area contributed by atoms with E-state index in [9.17, 15) is 0 Å². The summed E-state index contributed by atoms with van der Waals surface area (Å²) in [6.45, 7) is 12.3. The third-order valence-electron chi connectivity index (χ3n) is 3.69. The summed E-state index contributed by atoms with van der Waals surface area (Å²) in [6.07, 6.45) is 5.50. The molecular weight excluding hydrogens is 212 g/mol. The van der Waals surface area contributed by atoms with Gasteiger partial charge in [-0.25, -0.2) is 0 Å². The summed E-state index contributed by atoms with van der Waals surface area (Å²) < 4.78 is 5.69. The van der Waals surface area contributed by atoms with E-state index in [1.807, 2.05) is 0 Å². The Bertz CT molecular complexity index is 181. The molecule has 0 bridgehead atoms. The number of rotatable bonds is 9. The van der Waals surface area contributed by atoms with Crippen LogP contribution in [0.5, 0.6) is 0 Å². The van der Waals surface area contributed by atoms with Crippen LogP contribution >= 0.6 is 0 Å². The van der Waals surface area contributed by atoms with Gasteiger partial charge in [0.1, 0.15) is 0 Å². The molecule has 0 aromatic heterocycles. The molecule has 0 amide bonds. The quantitative estimate of drug-likeness (QED) is 0.671. The molecule has 1 aliphatic heterocycles. The van der Waals surface area contributed by atoms with Crippen LogP contribution in [0.1, 0.15) is 46.5 Å². The summed E-state index contributed by atoms with van der Waals surface area (Å²) in [4.78, 5) is 2.53. The van der Waals surface area contributed by atoms with Crippen molar-refractivity contribution in [3.63, 3.8) is 0 Å². The monoisotopic (exact) mass is 242 g/mol. The Kier molecular flexibility index (Phi) is 7.82. The first kappa shape index (κ1) is 14.9. The smallest absolute Gasteiger partial charge is 0.0726 e. The number of nitrogens with zero attached hydrogens (tertiary/aromatic N) is 1. The minimum atomic E-state index is 0.445. The summed E-state index contributed by atoms with van der Waals surface area (Å²) in [5, 5.41) is 3.60. The normalized spacial score (nSPS) is 22.2. The molecule has 3 heteroatoms. The molecule has 1 rings (SSSR count). The lowest BCUT2D eigenvalue weighted by atomic mass is 10.1. The first-order valence-electron chi connectivity index (χ1n) is 7.35. The van der Waals surface area contributed by atoms with Gasteiger partial charge in [0.2, 0.25) is 0 Å². The van der Waals surface area contributed by atoms with Gasteiger partial charge in [-0.1, -0.05) is 20.3 Å². The zero-order valence-electron chi connectivity index (χ0n) is 11.9. The fourth-order valence-electron chi connectivity index (χ4n) is 2.39. The Hall–Kier alpha value is -0.120. The number of hydrogen-bond donors (Lipinski definition) is 1. The molecule has 1 saturated heterocycles. The van der Waals surface area contributed by atoms with Gasteiger partial charge in [-0.15, -0.1) is 0 Å². The largest absolute Gasteiger partial charge is 0.377 e. The molecule has 1 heterocycles. The van der Waals surface area contributed by atoms with Crippen LogP contribution in [0.15, 0.2) is 0 Å². The molecule has 1 aliphatic rings. The van der Waals surface area contributed by atoms with E-state index in [1.54, 1.807) is 0 Å². The van der Waals surface area contributed by atoms with E-state index in [4.69, 9.17) is 4.74 Å². The van der Waals surface area contributed by atoms with Gasteiger partial charge in [0.05, 0.1) is 6.10 Å². The molecule has 0 radical (unpaired) electrons. The second kappa shape index (κ2) is 8.90. The molecule has 2 atom stereocenters. The van der Waals surface area contributed by atoms with Crippen LogP contribution < -0.4 is 5.32 Å². The van der Waals surface area contributed by atoms with E-state index in [0.717, 1.165) is 26.2 Å². The molecule has 102 valence electrons. The predicted octanol–water partition coefficient (Wildman–Crippen LogP) is 2.27. The third kappa shape index (κ3) is 5.84. The van der Waals surface area contributed by atoms with Crippen molar-refractivity contribution in [2.24, 2.45) is 0 Å². The molecule has 1 N–H and O–H groups in total. The van der Waals surface area contributed by atoms with Crippen LogP contribution in [-0.2, 0) is 4.74 Å². The Morgan fingerprint density at radius 3 is 2.76 bits per heavy atom. The van der Waals surface area contributed by atoms with Crippen molar-refractivity contribution in [2.75, 3.05) is 32.8 Å². The van der Waals surface area contributed by atoms with E-state index in [2.05, 4.69) is 31.0 Å². The minimum Gasteiger partial charge on any atom is -0.377 e. The van der Waals surface area contributed by atoms with E-state index < -0.39 is 0 Å². The van der Waals surface area contributed by atoms with Gasteiger partial charge < -0.3 is 15.0 Å². The number of ether oxygens (including phenoxy) is 1. The summed E-state index contributed by atoms with van der Waals surface area (Å²) >= 11 is 0. The van der Waals surface area contributed by atoms with Crippen LogP contribution in [0, 0.1) is 0 Å².